The molecule has 2 rings (SSSR count). The first-order valence-corrected chi connectivity index (χ1v) is 12.2. The molecular formula is C24H33N3O4S. The molecule has 0 aliphatic heterocycles. The van der Waals surface area contributed by atoms with E-state index >= 15 is 0 Å². The molecule has 7 nitrogen and oxygen atoms in total. The van der Waals surface area contributed by atoms with Crippen molar-refractivity contribution in [3.63, 3.8) is 0 Å². The molecule has 1 atom stereocenters. The lowest BCUT2D eigenvalue weighted by molar-refractivity contribution is -0.118. The fraction of sp³-hybridized carbons (Fsp3) is 0.417. The Morgan fingerprint density at radius 3 is 2.22 bits per heavy atom. The SMILES string of the molecule is CCN(CC)S(=O)(=O)c1cc(NC(=O)[C@H](NC(=O)c2cccc(C)c2)C(C)C)ccc1C. The number of rotatable bonds is 9. The lowest BCUT2D eigenvalue weighted by Gasteiger charge is -2.23. The van der Waals surface area contributed by atoms with Gasteiger partial charge in [-0.3, -0.25) is 9.59 Å². The minimum Gasteiger partial charge on any atom is -0.340 e. The van der Waals surface area contributed by atoms with Crippen LogP contribution in [0.3, 0.4) is 0 Å². The third-order valence-electron chi connectivity index (χ3n) is 5.29. The van der Waals surface area contributed by atoms with Gasteiger partial charge >= 0.3 is 0 Å². The summed E-state index contributed by atoms with van der Waals surface area (Å²) in [6.07, 6.45) is 0. The average molecular weight is 460 g/mol. The van der Waals surface area contributed by atoms with Gasteiger partial charge in [0.15, 0.2) is 0 Å². The topological polar surface area (TPSA) is 95.6 Å². The molecule has 0 saturated heterocycles. The molecule has 0 radical (unpaired) electrons. The van der Waals surface area contributed by atoms with Crippen molar-refractivity contribution in [2.75, 3.05) is 18.4 Å². The van der Waals surface area contributed by atoms with E-state index in [9.17, 15) is 18.0 Å². The van der Waals surface area contributed by atoms with Gasteiger partial charge < -0.3 is 10.6 Å². The van der Waals surface area contributed by atoms with E-state index in [1.807, 2.05) is 26.8 Å². The molecule has 0 aromatic heterocycles. The summed E-state index contributed by atoms with van der Waals surface area (Å²) < 4.78 is 27.3. The second-order valence-corrected chi connectivity index (χ2v) is 10.0. The van der Waals surface area contributed by atoms with E-state index in [0.717, 1.165) is 5.56 Å². The first-order valence-electron chi connectivity index (χ1n) is 10.8. The molecule has 0 aliphatic carbocycles. The van der Waals surface area contributed by atoms with Crippen LogP contribution in [0.25, 0.3) is 0 Å². The Bertz CT molecular complexity index is 1080. The van der Waals surface area contributed by atoms with Crippen LogP contribution in [0.2, 0.25) is 0 Å². The van der Waals surface area contributed by atoms with Gasteiger partial charge in [0.25, 0.3) is 5.91 Å². The van der Waals surface area contributed by atoms with Crippen LogP contribution in [0.5, 0.6) is 0 Å². The molecular weight excluding hydrogens is 426 g/mol. The third-order valence-corrected chi connectivity index (χ3v) is 7.49. The highest BCUT2D eigenvalue weighted by atomic mass is 32.2. The second kappa shape index (κ2) is 10.7. The van der Waals surface area contributed by atoms with E-state index in [4.69, 9.17) is 0 Å². The van der Waals surface area contributed by atoms with Crippen LogP contribution in [0.15, 0.2) is 47.4 Å². The number of hydrogen-bond acceptors (Lipinski definition) is 4. The summed E-state index contributed by atoms with van der Waals surface area (Å²) >= 11 is 0. The van der Waals surface area contributed by atoms with Crippen LogP contribution >= 0.6 is 0 Å². The molecule has 0 aliphatic rings. The Labute approximate surface area is 191 Å². The number of nitrogens with zero attached hydrogens (tertiary/aromatic N) is 1. The zero-order chi connectivity index (χ0) is 24.1. The molecule has 0 spiro atoms. The van der Waals surface area contributed by atoms with Gasteiger partial charge in [-0.2, -0.15) is 4.31 Å². The van der Waals surface area contributed by atoms with Crippen LogP contribution < -0.4 is 10.6 Å². The van der Waals surface area contributed by atoms with Gasteiger partial charge in [-0.15, -0.1) is 0 Å². The second-order valence-electron chi connectivity index (χ2n) is 8.12. The van der Waals surface area contributed by atoms with Gasteiger partial charge in [-0.25, -0.2) is 8.42 Å². The summed E-state index contributed by atoms with van der Waals surface area (Å²) in [7, 11) is -3.67. The predicted molar refractivity (Wildman–Crippen MR) is 127 cm³/mol. The number of aryl methyl sites for hydroxylation is 2. The van der Waals surface area contributed by atoms with Crippen molar-refractivity contribution in [3.05, 3.63) is 59.2 Å². The van der Waals surface area contributed by atoms with E-state index in [0.29, 0.717) is 29.9 Å². The van der Waals surface area contributed by atoms with Crippen molar-refractivity contribution >= 4 is 27.5 Å². The van der Waals surface area contributed by atoms with Crippen LogP contribution in [0.4, 0.5) is 5.69 Å². The molecule has 2 amide bonds. The van der Waals surface area contributed by atoms with Crippen LogP contribution in [0.1, 0.15) is 49.2 Å². The lowest BCUT2D eigenvalue weighted by Crippen LogP contribution is -2.47. The Kier molecular flexibility index (Phi) is 8.58. The molecule has 0 heterocycles. The number of hydrogen-bond donors (Lipinski definition) is 2. The largest absolute Gasteiger partial charge is 0.340 e. The maximum Gasteiger partial charge on any atom is 0.251 e. The van der Waals surface area contributed by atoms with Crippen molar-refractivity contribution in [2.45, 2.75) is 52.5 Å². The molecule has 0 saturated carbocycles. The van der Waals surface area contributed by atoms with Crippen molar-refractivity contribution in [3.8, 4) is 0 Å². The molecule has 2 aromatic carbocycles. The lowest BCUT2D eigenvalue weighted by atomic mass is 10.0. The summed E-state index contributed by atoms with van der Waals surface area (Å²) in [6, 6.07) is 11.2. The molecule has 0 fully saturated rings. The van der Waals surface area contributed by atoms with Gasteiger partial charge in [-0.1, -0.05) is 51.5 Å². The van der Waals surface area contributed by atoms with Gasteiger partial charge in [-0.05, 0) is 49.6 Å². The molecule has 8 heteroatoms. The average Bonchev–Trinajstić information content (AvgIpc) is 2.73. The predicted octanol–water partition coefficient (Wildman–Crippen LogP) is 3.73. The summed E-state index contributed by atoms with van der Waals surface area (Å²) in [5.41, 5.74) is 2.39. The summed E-state index contributed by atoms with van der Waals surface area (Å²) in [6.45, 7) is 11.6. The number of nitrogens with one attached hydrogen (secondary N) is 2. The zero-order valence-electron chi connectivity index (χ0n) is 19.6. The quantitative estimate of drug-likeness (QED) is 0.597. The first-order chi connectivity index (χ1) is 15.0. The van der Waals surface area contributed by atoms with Gasteiger partial charge in [0.2, 0.25) is 15.9 Å². The molecule has 0 bridgehead atoms. The van der Waals surface area contributed by atoms with E-state index in [-0.39, 0.29) is 16.7 Å². The number of benzene rings is 2. The Hall–Kier alpha value is -2.71. The normalized spacial score (nSPS) is 12.6. The van der Waals surface area contributed by atoms with E-state index < -0.39 is 22.0 Å². The van der Waals surface area contributed by atoms with Gasteiger partial charge in [0.05, 0.1) is 4.90 Å². The Balaban J connectivity index is 2.26. The standard InChI is InChI=1S/C24H33N3O4S/c1-7-27(8-2)32(30,31)21-15-20(13-12-18(21)6)25-24(29)22(16(3)4)26-23(28)19-11-9-10-17(5)14-19/h9-16,22H,7-8H2,1-6H3,(H,25,29)(H,26,28)/t22-/m1/s1. The number of carbonyl (C=O) groups is 2. The highest BCUT2D eigenvalue weighted by molar-refractivity contribution is 7.89. The maximum absolute atomic E-state index is 13.0. The Morgan fingerprint density at radius 2 is 1.66 bits per heavy atom. The molecule has 32 heavy (non-hydrogen) atoms. The van der Waals surface area contributed by atoms with Crippen molar-refractivity contribution < 1.29 is 18.0 Å². The fourth-order valence-corrected chi connectivity index (χ4v) is 5.13. The van der Waals surface area contributed by atoms with E-state index in [1.54, 1.807) is 51.1 Å². The van der Waals surface area contributed by atoms with E-state index in [1.165, 1.54) is 10.4 Å². The van der Waals surface area contributed by atoms with Crippen molar-refractivity contribution in [1.29, 1.82) is 0 Å². The van der Waals surface area contributed by atoms with Crippen molar-refractivity contribution in [2.24, 2.45) is 5.92 Å². The molecule has 2 aromatic rings. The maximum atomic E-state index is 13.0. The fourth-order valence-electron chi connectivity index (χ4n) is 3.42. The minimum absolute atomic E-state index is 0.156. The van der Waals surface area contributed by atoms with E-state index in [2.05, 4.69) is 10.6 Å². The Morgan fingerprint density at radius 1 is 1.00 bits per heavy atom. The number of sulfonamides is 1. The third kappa shape index (κ3) is 5.95. The summed E-state index contributed by atoms with van der Waals surface area (Å²) in [5, 5.41) is 5.56. The first kappa shape index (κ1) is 25.5. The zero-order valence-corrected chi connectivity index (χ0v) is 20.4. The van der Waals surface area contributed by atoms with Crippen LogP contribution in [0, 0.1) is 19.8 Å². The van der Waals surface area contributed by atoms with Gasteiger partial charge in [0, 0.05) is 24.3 Å². The number of carbonyl (C=O) groups excluding carboxylic acids is 2. The summed E-state index contributed by atoms with van der Waals surface area (Å²) in [4.78, 5) is 25.8. The number of anilines is 1. The molecule has 174 valence electrons. The van der Waals surface area contributed by atoms with Crippen LogP contribution in [-0.4, -0.2) is 43.7 Å². The molecule has 2 N–H and O–H groups in total. The highest BCUT2D eigenvalue weighted by Gasteiger charge is 2.27. The summed E-state index contributed by atoms with van der Waals surface area (Å²) in [5.74, 6) is -0.916. The minimum atomic E-state index is -3.67. The highest BCUT2D eigenvalue weighted by Crippen LogP contribution is 2.24. The van der Waals surface area contributed by atoms with Gasteiger partial charge in [0.1, 0.15) is 6.04 Å². The smallest absolute Gasteiger partial charge is 0.251 e. The number of amides is 2. The monoisotopic (exact) mass is 459 g/mol. The molecule has 0 unspecified atom stereocenters. The van der Waals surface area contributed by atoms with Crippen molar-refractivity contribution in [1.82, 2.24) is 9.62 Å². The van der Waals surface area contributed by atoms with Crippen LogP contribution in [-0.2, 0) is 14.8 Å².